The lowest BCUT2D eigenvalue weighted by Crippen LogP contribution is -2.25. The zero-order valence-electron chi connectivity index (χ0n) is 9.56. The molecule has 0 aliphatic heterocycles. The van der Waals surface area contributed by atoms with E-state index in [1.54, 1.807) is 11.7 Å². The molecule has 0 unspecified atom stereocenters. The molecule has 1 aromatic heterocycles. The van der Waals surface area contributed by atoms with Crippen LogP contribution in [0.1, 0.15) is 18.2 Å². The van der Waals surface area contributed by atoms with Crippen molar-refractivity contribution in [2.24, 2.45) is 0 Å². The van der Waals surface area contributed by atoms with Crippen molar-refractivity contribution in [1.29, 1.82) is 0 Å². The molecule has 0 bridgehead atoms. The van der Waals surface area contributed by atoms with Gasteiger partial charge in [0.1, 0.15) is 0 Å². The van der Waals surface area contributed by atoms with E-state index < -0.39 is 10.0 Å². The summed E-state index contributed by atoms with van der Waals surface area (Å²) in [7, 11) is -1.55. The summed E-state index contributed by atoms with van der Waals surface area (Å²) in [5.74, 6) is 0. The van der Waals surface area contributed by atoms with E-state index in [9.17, 15) is 8.42 Å². The molecule has 0 aliphatic rings. The summed E-state index contributed by atoms with van der Waals surface area (Å²) in [6.45, 7) is 5.06. The molecule has 0 fully saturated rings. The molecular formula is C9H17N3O2S. The first-order valence-electron chi connectivity index (χ1n) is 4.78. The normalized spacial score (nSPS) is 12.3. The van der Waals surface area contributed by atoms with Crippen LogP contribution in [0.5, 0.6) is 0 Å². The van der Waals surface area contributed by atoms with Crippen molar-refractivity contribution in [3.63, 3.8) is 0 Å². The van der Waals surface area contributed by atoms with Gasteiger partial charge in [-0.25, -0.2) is 12.7 Å². The molecule has 1 rings (SSSR count). The molecule has 0 amide bonds. The Kier molecular flexibility index (Phi) is 3.51. The Balaban J connectivity index is 2.85. The maximum atomic E-state index is 11.2. The van der Waals surface area contributed by atoms with E-state index in [0.29, 0.717) is 6.54 Å². The first kappa shape index (κ1) is 12.2. The van der Waals surface area contributed by atoms with E-state index in [1.165, 1.54) is 10.6 Å². The zero-order valence-corrected chi connectivity index (χ0v) is 10.4. The molecule has 5 nitrogen and oxygen atoms in total. The van der Waals surface area contributed by atoms with Gasteiger partial charge < -0.3 is 0 Å². The highest BCUT2D eigenvalue weighted by atomic mass is 32.2. The molecule has 1 heterocycles. The number of hydrogen-bond acceptors (Lipinski definition) is 3. The average molecular weight is 231 g/mol. The second kappa shape index (κ2) is 4.32. The van der Waals surface area contributed by atoms with Gasteiger partial charge in [0.25, 0.3) is 0 Å². The summed E-state index contributed by atoms with van der Waals surface area (Å²) < 4.78 is 25.6. The predicted molar refractivity (Wildman–Crippen MR) is 58.9 cm³/mol. The fourth-order valence-corrected chi connectivity index (χ4v) is 1.61. The average Bonchev–Trinajstić information content (AvgIpc) is 2.45. The van der Waals surface area contributed by atoms with E-state index >= 15 is 0 Å². The molecule has 0 aromatic carbocycles. The van der Waals surface area contributed by atoms with E-state index in [4.69, 9.17) is 0 Å². The summed E-state index contributed by atoms with van der Waals surface area (Å²) >= 11 is 0. The van der Waals surface area contributed by atoms with Crippen molar-refractivity contribution in [2.75, 3.05) is 13.3 Å². The Labute approximate surface area is 90.7 Å². The topological polar surface area (TPSA) is 55.2 Å². The van der Waals surface area contributed by atoms with Gasteiger partial charge in [-0.05, 0) is 13.8 Å². The minimum atomic E-state index is -3.12. The van der Waals surface area contributed by atoms with Crippen molar-refractivity contribution in [3.05, 3.63) is 17.5 Å². The predicted octanol–water partition coefficient (Wildman–Crippen LogP) is 0.603. The molecule has 0 N–H and O–H groups in total. The van der Waals surface area contributed by atoms with Crippen molar-refractivity contribution >= 4 is 10.0 Å². The summed E-state index contributed by atoms with van der Waals surface area (Å²) in [5.41, 5.74) is 1.83. The summed E-state index contributed by atoms with van der Waals surface area (Å²) in [6, 6.07) is 0. The minimum Gasteiger partial charge on any atom is -0.272 e. The van der Waals surface area contributed by atoms with Crippen LogP contribution >= 0.6 is 0 Å². The lowest BCUT2D eigenvalue weighted by molar-refractivity contribution is 0.471. The minimum absolute atomic E-state index is 0.380. The lowest BCUT2D eigenvalue weighted by Gasteiger charge is -2.12. The summed E-state index contributed by atoms with van der Waals surface area (Å²) in [4.78, 5) is 0. The standard InChI is InChI=1S/C9H17N3O2S/c1-5-12-7-9(8(2)10-12)6-11(3)15(4,13)14/h7H,5-6H2,1-4H3. The number of nitrogens with zero attached hydrogens (tertiary/aromatic N) is 3. The Morgan fingerprint density at radius 3 is 2.53 bits per heavy atom. The third-order valence-corrected chi connectivity index (χ3v) is 3.59. The third kappa shape index (κ3) is 3.04. The Bertz CT molecular complexity index is 436. The Morgan fingerprint density at radius 2 is 2.13 bits per heavy atom. The number of sulfonamides is 1. The first-order valence-corrected chi connectivity index (χ1v) is 6.63. The SMILES string of the molecule is CCn1cc(CN(C)S(C)(=O)=O)c(C)n1. The van der Waals surface area contributed by atoms with Crippen LogP contribution in [0.25, 0.3) is 0 Å². The van der Waals surface area contributed by atoms with Crippen molar-refractivity contribution in [3.8, 4) is 0 Å². The van der Waals surface area contributed by atoms with Crippen LogP contribution < -0.4 is 0 Å². The van der Waals surface area contributed by atoms with E-state index in [1.807, 2.05) is 20.0 Å². The maximum Gasteiger partial charge on any atom is 0.211 e. The monoisotopic (exact) mass is 231 g/mol. The molecular weight excluding hydrogens is 214 g/mol. The smallest absolute Gasteiger partial charge is 0.211 e. The zero-order chi connectivity index (χ0) is 11.6. The molecule has 1 aromatic rings. The van der Waals surface area contributed by atoms with Crippen LogP contribution in [0.2, 0.25) is 0 Å². The van der Waals surface area contributed by atoms with E-state index in [0.717, 1.165) is 17.8 Å². The highest BCUT2D eigenvalue weighted by Gasteiger charge is 2.14. The van der Waals surface area contributed by atoms with Gasteiger partial charge in [0, 0.05) is 31.9 Å². The Hall–Kier alpha value is -0.880. The van der Waals surface area contributed by atoms with Gasteiger partial charge in [0.05, 0.1) is 11.9 Å². The van der Waals surface area contributed by atoms with Crippen LogP contribution in [0.3, 0.4) is 0 Å². The Morgan fingerprint density at radius 1 is 1.53 bits per heavy atom. The van der Waals surface area contributed by atoms with Gasteiger partial charge in [-0.15, -0.1) is 0 Å². The molecule has 0 aliphatic carbocycles. The molecule has 15 heavy (non-hydrogen) atoms. The molecule has 86 valence electrons. The molecule has 0 saturated carbocycles. The fourth-order valence-electron chi connectivity index (χ4n) is 1.23. The number of rotatable bonds is 4. The first-order chi connectivity index (χ1) is 6.84. The van der Waals surface area contributed by atoms with Crippen molar-refractivity contribution in [1.82, 2.24) is 14.1 Å². The fraction of sp³-hybridized carbons (Fsp3) is 0.667. The third-order valence-electron chi connectivity index (χ3n) is 2.33. The summed E-state index contributed by atoms with van der Waals surface area (Å²) in [6.07, 6.45) is 3.09. The number of aromatic nitrogens is 2. The second-order valence-electron chi connectivity index (χ2n) is 3.61. The molecule has 6 heteroatoms. The van der Waals surface area contributed by atoms with Crippen LogP contribution in [-0.2, 0) is 23.1 Å². The lowest BCUT2D eigenvalue weighted by atomic mass is 10.3. The molecule has 0 spiro atoms. The maximum absolute atomic E-state index is 11.2. The van der Waals surface area contributed by atoms with Gasteiger partial charge in [-0.3, -0.25) is 4.68 Å². The second-order valence-corrected chi connectivity index (χ2v) is 5.70. The van der Waals surface area contributed by atoms with Crippen molar-refractivity contribution < 1.29 is 8.42 Å². The van der Waals surface area contributed by atoms with E-state index in [2.05, 4.69) is 5.10 Å². The van der Waals surface area contributed by atoms with Crippen LogP contribution in [0, 0.1) is 6.92 Å². The number of hydrogen-bond donors (Lipinski definition) is 0. The number of aryl methyl sites for hydroxylation is 2. The van der Waals surface area contributed by atoms with Gasteiger partial charge in [-0.2, -0.15) is 5.10 Å². The molecule has 0 radical (unpaired) electrons. The largest absolute Gasteiger partial charge is 0.272 e. The molecule has 0 atom stereocenters. The van der Waals surface area contributed by atoms with Crippen LogP contribution in [0.4, 0.5) is 0 Å². The quantitative estimate of drug-likeness (QED) is 0.762. The van der Waals surface area contributed by atoms with Gasteiger partial charge in [0.15, 0.2) is 0 Å². The van der Waals surface area contributed by atoms with Gasteiger partial charge >= 0.3 is 0 Å². The van der Waals surface area contributed by atoms with E-state index in [-0.39, 0.29) is 0 Å². The van der Waals surface area contributed by atoms with Gasteiger partial charge in [0.2, 0.25) is 10.0 Å². The van der Waals surface area contributed by atoms with Crippen molar-refractivity contribution in [2.45, 2.75) is 26.9 Å². The molecule has 0 saturated heterocycles. The van der Waals surface area contributed by atoms with Crippen LogP contribution in [-0.4, -0.2) is 35.8 Å². The van der Waals surface area contributed by atoms with Crippen LogP contribution in [0.15, 0.2) is 6.20 Å². The highest BCUT2D eigenvalue weighted by Crippen LogP contribution is 2.10. The summed E-state index contributed by atoms with van der Waals surface area (Å²) in [5, 5.41) is 4.26. The van der Waals surface area contributed by atoms with Gasteiger partial charge in [-0.1, -0.05) is 0 Å². The highest BCUT2D eigenvalue weighted by molar-refractivity contribution is 7.88.